The van der Waals surface area contributed by atoms with Crippen molar-refractivity contribution in [2.24, 2.45) is 0 Å². The maximum absolute atomic E-state index is 4.29. The number of rotatable bonds is 2. The van der Waals surface area contributed by atoms with Crippen molar-refractivity contribution in [2.75, 3.05) is 19.0 Å². The molecule has 0 aliphatic carbocycles. The maximum Gasteiger partial charge on any atom is 0.0136 e. The van der Waals surface area contributed by atoms with Gasteiger partial charge in [0.25, 0.3) is 0 Å². The van der Waals surface area contributed by atoms with Crippen LogP contribution < -0.4 is 4.90 Å². The van der Waals surface area contributed by atoms with Crippen LogP contribution >= 0.6 is 0 Å². The Morgan fingerprint density at radius 3 is 2.31 bits per heavy atom. The maximum atomic E-state index is 4.29. The van der Waals surface area contributed by atoms with Crippen LogP contribution in [0.25, 0.3) is 0 Å². The van der Waals surface area contributed by atoms with Gasteiger partial charge in [-0.15, -0.1) is 11.6 Å². The van der Waals surface area contributed by atoms with Crippen molar-refractivity contribution in [2.45, 2.75) is 19.8 Å². The normalized spacial score (nSPS) is 9.62. The van der Waals surface area contributed by atoms with Crippen LogP contribution in [-0.4, -0.2) is 19.1 Å². The molecule has 0 aromatic carbocycles. The van der Waals surface area contributed by atoms with Gasteiger partial charge in [0, 0.05) is 38.5 Å². The molecule has 0 saturated carbocycles. The van der Waals surface area contributed by atoms with Crippen LogP contribution in [0, 0.1) is 6.07 Å². The first-order valence-electron chi connectivity index (χ1n) is 4.16. The van der Waals surface area contributed by atoms with Crippen LogP contribution in [0.1, 0.15) is 25.3 Å². The summed E-state index contributed by atoms with van der Waals surface area (Å²) in [5, 5.41) is 0. The molecule has 1 rings (SSSR count). The molecule has 3 heteroatoms. The number of hydrogen-bond donors (Lipinski definition) is 0. The van der Waals surface area contributed by atoms with Gasteiger partial charge in [0.15, 0.2) is 0 Å². The molecule has 0 unspecified atom stereocenters. The monoisotopic (exact) mass is 252 g/mol. The number of aromatic nitrogens is 1. The third-order valence-electron chi connectivity index (χ3n) is 1.78. The minimum Gasteiger partial charge on any atom is -0.414 e. The molecule has 0 fully saturated rings. The van der Waals surface area contributed by atoms with Crippen molar-refractivity contribution in [3.05, 3.63) is 23.9 Å². The quantitative estimate of drug-likeness (QED) is 0.749. The van der Waals surface area contributed by atoms with Gasteiger partial charge in [0.05, 0.1) is 0 Å². The second kappa shape index (κ2) is 5.71. The van der Waals surface area contributed by atoms with E-state index in [1.807, 2.05) is 31.3 Å². The van der Waals surface area contributed by atoms with Crippen molar-refractivity contribution in [1.29, 1.82) is 0 Å². The van der Waals surface area contributed by atoms with E-state index < -0.39 is 0 Å². The Balaban J connectivity index is 0.00000144. The standard InChI is InChI=1S/C10H15N2.Y/c1-8(2)9-5-6-10(11-7-9)12(3)4;/h6-8H,1-4H3;/q-1;. The number of anilines is 1. The Labute approximate surface area is 106 Å². The second-order valence-corrected chi connectivity index (χ2v) is 3.41. The second-order valence-electron chi connectivity index (χ2n) is 3.41. The van der Waals surface area contributed by atoms with Crippen LogP contribution in [0.4, 0.5) is 5.82 Å². The summed E-state index contributed by atoms with van der Waals surface area (Å²) in [6.45, 7) is 4.28. The molecule has 1 heterocycles. The smallest absolute Gasteiger partial charge is 0.0136 e. The first kappa shape index (κ1) is 13.1. The van der Waals surface area contributed by atoms with Crippen LogP contribution in [0.15, 0.2) is 12.3 Å². The van der Waals surface area contributed by atoms with E-state index in [1.54, 1.807) is 0 Å². The fourth-order valence-corrected chi connectivity index (χ4v) is 0.918. The Kier molecular flexibility index (Phi) is 5.74. The summed E-state index contributed by atoms with van der Waals surface area (Å²) >= 11 is 0. The molecule has 0 atom stereocenters. The van der Waals surface area contributed by atoms with Gasteiger partial charge < -0.3 is 9.88 Å². The van der Waals surface area contributed by atoms with E-state index in [0.717, 1.165) is 5.82 Å². The molecule has 69 valence electrons. The number of pyridine rings is 1. The molecular weight excluding hydrogens is 237 g/mol. The van der Waals surface area contributed by atoms with E-state index in [4.69, 9.17) is 0 Å². The molecule has 0 amide bonds. The predicted octanol–water partition coefficient (Wildman–Crippen LogP) is 2.07. The summed E-state index contributed by atoms with van der Waals surface area (Å²) in [7, 11) is 3.95. The molecule has 13 heavy (non-hydrogen) atoms. The average Bonchev–Trinajstić information content (AvgIpc) is 2.04. The van der Waals surface area contributed by atoms with Crippen molar-refractivity contribution < 1.29 is 32.7 Å². The van der Waals surface area contributed by atoms with Crippen LogP contribution in [-0.2, 0) is 32.7 Å². The van der Waals surface area contributed by atoms with Gasteiger partial charge in [-0.2, -0.15) is 6.07 Å². The fraction of sp³-hybridized carbons (Fsp3) is 0.500. The van der Waals surface area contributed by atoms with Gasteiger partial charge >= 0.3 is 0 Å². The zero-order valence-corrected chi connectivity index (χ0v) is 11.5. The van der Waals surface area contributed by atoms with Crippen LogP contribution in [0.2, 0.25) is 0 Å². The van der Waals surface area contributed by atoms with Crippen molar-refractivity contribution >= 4 is 5.82 Å². The molecule has 0 saturated heterocycles. The Morgan fingerprint density at radius 1 is 1.38 bits per heavy atom. The zero-order chi connectivity index (χ0) is 9.14. The van der Waals surface area contributed by atoms with Gasteiger partial charge in [-0.05, 0) is 20.0 Å². The van der Waals surface area contributed by atoms with E-state index in [9.17, 15) is 0 Å². The minimum absolute atomic E-state index is 0. The topological polar surface area (TPSA) is 16.1 Å². The van der Waals surface area contributed by atoms with Gasteiger partial charge in [0.2, 0.25) is 0 Å². The Hall–Kier alpha value is 0.0539. The van der Waals surface area contributed by atoms with Gasteiger partial charge in [-0.3, -0.25) is 0 Å². The molecule has 1 aromatic rings. The van der Waals surface area contributed by atoms with Gasteiger partial charge in [-0.25, -0.2) is 0 Å². The molecule has 1 aromatic heterocycles. The Morgan fingerprint density at radius 2 is 2.00 bits per heavy atom. The van der Waals surface area contributed by atoms with Crippen LogP contribution in [0.3, 0.4) is 0 Å². The van der Waals surface area contributed by atoms with E-state index in [2.05, 4.69) is 24.9 Å². The number of nitrogens with zero attached hydrogens (tertiary/aromatic N) is 2. The van der Waals surface area contributed by atoms with Crippen molar-refractivity contribution in [3.63, 3.8) is 0 Å². The van der Waals surface area contributed by atoms with E-state index in [1.165, 1.54) is 5.56 Å². The first-order chi connectivity index (χ1) is 5.61. The molecule has 0 spiro atoms. The summed E-state index contributed by atoms with van der Waals surface area (Å²) < 4.78 is 0. The van der Waals surface area contributed by atoms with Gasteiger partial charge in [0.1, 0.15) is 0 Å². The van der Waals surface area contributed by atoms with E-state index in [0.29, 0.717) is 5.92 Å². The SMILES string of the molecule is CC(C)c1[c-]cc(N(C)C)nc1.[Y]. The third kappa shape index (κ3) is 3.74. The molecule has 0 bridgehead atoms. The minimum atomic E-state index is 0. The molecule has 2 nitrogen and oxygen atoms in total. The summed E-state index contributed by atoms with van der Waals surface area (Å²) in [6.07, 6.45) is 1.89. The summed E-state index contributed by atoms with van der Waals surface area (Å²) in [4.78, 5) is 6.27. The molecule has 0 aliphatic heterocycles. The molecule has 0 N–H and O–H groups in total. The molecular formula is C10H15N2Y-. The molecule has 1 radical (unpaired) electrons. The first-order valence-corrected chi connectivity index (χ1v) is 4.16. The number of hydrogen-bond acceptors (Lipinski definition) is 2. The van der Waals surface area contributed by atoms with Crippen molar-refractivity contribution in [1.82, 2.24) is 4.98 Å². The summed E-state index contributed by atoms with van der Waals surface area (Å²) in [6, 6.07) is 5.14. The largest absolute Gasteiger partial charge is 0.414 e. The van der Waals surface area contributed by atoms with Crippen molar-refractivity contribution in [3.8, 4) is 0 Å². The van der Waals surface area contributed by atoms with Gasteiger partial charge in [-0.1, -0.05) is 20.0 Å². The Bertz CT molecular complexity index is 215. The summed E-state index contributed by atoms with van der Waals surface area (Å²) in [5.74, 6) is 1.47. The van der Waals surface area contributed by atoms with E-state index in [-0.39, 0.29) is 32.7 Å². The zero-order valence-electron chi connectivity index (χ0n) is 8.70. The molecule has 0 aliphatic rings. The fourth-order valence-electron chi connectivity index (χ4n) is 0.918. The average molecular weight is 252 g/mol. The van der Waals surface area contributed by atoms with Crippen LogP contribution in [0.5, 0.6) is 0 Å². The summed E-state index contributed by atoms with van der Waals surface area (Å²) in [5.41, 5.74) is 1.17. The predicted molar refractivity (Wildman–Crippen MR) is 51.5 cm³/mol. The van der Waals surface area contributed by atoms with E-state index >= 15 is 0 Å². The third-order valence-corrected chi connectivity index (χ3v) is 1.78.